The number of carbonyl (C=O) groups is 2. The lowest BCUT2D eigenvalue weighted by molar-refractivity contribution is -0.116. The average Bonchev–Trinajstić information content (AvgIpc) is 2.64. The van der Waals surface area contributed by atoms with Crippen molar-refractivity contribution in [3.63, 3.8) is 0 Å². The number of aromatic nitrogens is 2. The number of carbonyl (C=O) groups excluding carboxylic acids is 2. The van der Waals surface area contributed by atoms with Crippen LogP contribution in [0.15, 0.2) is 53.5 Å². The standard InChI is InChI=1S/C19H17FN4O3/c1-12(25)22-13-6-7-15(20)16(10-13)23-19(27)8-9-24-17-5-3-2-4-14(17)18(26)11-21-24/h2-7,10-11H,8-9H2,1H3,(H,22,25)(H,23,27). The highest BCUT2D eigenvalue weighted by Gasteiger charge is 2.10. The van der Waals surface area contributed by atoms with Crippen LogP contribution in [0.1, 0.15) is 13.3 Å². The lowest BCUT2D eigenvalue weighted by Crippen LogP contribution is -2.18. The van der Waals surface area contributed by atoms with Gasteiger partial charge in [0.15, 0.2) is 0 Å². The summed E-state index contributed by atoms with van der Waals surface area (Å²) in [7, 11) is 0. The third kappa shape index (κ3) is 4.35. The van der Waals surface area contributed by atoms with E-state index in [2.05, 4.69) is 15.7 Å². The molecule has 138 valence electrons. The van der Waals surface area contributed by atoms with Crippen LogP contribution in [0.5, 0.6) is 0 Å². The van der Waals surface area contributed by atoms with E-state index in [1.165, 1.54) is 25.3 Å². The topological polar surface area (TPSA) is 93.1 Å². The highest BCUT2D eigenvalue weighted by Crippen LogP contribution is 2.20. The van der Waals surface area contributed by atoms with E-state index in [0.717, 1.165) is 6.07 Å². The van der Waals surface area contributed by atoms with Gasteiger partial charge in [-0.05, 0) is 30.3 Å². The summed E-state index contributed by atoms with van der Waals surface area (Å²) in [6.45, 7) is 1.56. The van der Waals surface area contributed by atoms with Crippen molar-refractivity contribution in [2.45, 2.75) is 19.9 Å². The minimum absolute atomic E-state index is 0.0241. The number of fused-ring (bicyclic) bond motifs is 1. The predicted octanol–water partition coefficient (Wildman–Crippen LogP) is 2.52. The van der Waals surface area contributed by atoms with Crippen LogP contribution in [0, 0.1) is 5.82 Å². The normalized spacial score (nSPS) is 10.6. The first-order valence-corrected chi connectivity index (χ1v) is 8.26. The van der Waals surface area contributed by atoms with Crippen LogP contribution in [0.25, 0.3) is 10.9 Å². The Kier molecular flexibility index (Phi) is 5.25. The summed E-state index contributed by atoms with van der Waals surface area (Å²) in [4.78, 5) is 35.1. The number of benzene rings is 2. The first-order valence-electron chi connectivity index (χ1n) is 8.26. The molecule has 2 amide bonds. The highest BCUT2D eigenvalue weighted by molar-refractivity contribution is 5.93. The number of nitrogens with zero attached hydrogens (tertiary/aromatic N) is 2. The summed E-state index contributed by atoms with van der Waals surface area (Å²) in [6.07, 6.45) is 1.24. The third-order valence-electron chi connectivity index (χ3n) is 3.87. The molecule has 7 nitrogen and oxygen atoms in total. The number of amides is 2. The van der Waals surface area contributed by atoms with Crippen LogP contribution in [0.3, 0.4) is 0 Å². The zero-order valence-electron chi connectivity index (χ0n) is 14.5. The fraction of sp³-hybridized carbons (Fsp3) is 0.158. The fourth-order valence-corrected chi connectivity index (χ4v) is 2.66. The van der Waals surface area contributed by atoms with Crippen molar-refractivity contribution in [1.82, 2.24) is 9.78 Å². The van der Waals surface area contributed by atoms with Crippen molar-refractivity contribution in [1.29, 1.82) is 0 Å². The SMILES string of the molecule is CC(=O)Nc1ccc(F)c(NC(=O)CCn2ncc(=O)c3ccccc32)c1. The van der Waals surface area contributed by atoms with Crippen LogP contribution in [0.2, 0.25) is 0 Å². The van der Waals surface area contributed by atoms with Crippen molar-refractivity contribution in [2.75, 3.05) is 10.6 Å². The molecule has 2 N–H and O–H groups in total. The molecule has 0 aliphatic carbocycles. The summed E-state index contributed by atoms with van der Waals surface area (Å²) in [5.74, 6) is -1.32. The summed E-state index contributed by atoms with van der Waals surface area (Å²) in [5.41, 5.74) is 0.788. The van der Waals surface area contributed by atoms with Gasteiger partial charge < -0.3 is 10.6 Å². The molecule has 1 heterocycles. The number of nitrogens with one attached hydrogen (secondary N) is 2. The van der Waals surface area contributed by atoms with Crippen molar-refractivity contribution in [3.8, 4) is 0 Å². The Labute approximate surface area is 153 Å². The minimum Gasteiger partial charge on any atom is -0.326 e. The predicted molar refractivity (Wildman–Crippen MR) is 100.0 cm³/mol. The largest absolute Gasteiger partial charge is 0.326 e. The zero-order chi connectivity index (χ0) is 19.4. The van der Waals surface area contributed by atoms with Gasteiger partial charge in [0.25, 0.3) is 0 Å². The van der Waals surface area contributed by atoms with Gasteiger partial charge in [-0.3, -0.25) is 19.1 Å². The minimum atomic E-state index is -0.607. The molecule has 3 aromatic rings. The smallest absolute Gasteiger partial charge is 0.226 e. The maximum absolute atomic E-state index is 13.9. The molecule has 0 unspecified atom stereocenters. The molecular formula is C19H17FN4O3. The Morgan fingerprint density at radius 2 is 1.93 bits per heavy atom. The van der Waals surface area contributed by atoms with Crippen molar-refractivity contribution >= 4 is 34.1 Å². The van der Waals surface area contributed by atoms with Crippen LogP contribution in [0.4, 0.5) is 15.8 Å². The summed E-state index contributed by atoms with van der Waals surface area (Å²) in [6, 6.07) is 10.9. The number of rotatable bonds is 5. The molecule has 2 aromatic carbocycles. The average molecular weight is 368 g/mol. The first kappa shape index (κ1) is 18.2. The third-order valence-corrected chi connectivity index (χ3v) is 3.87. The second kappa shape index (κ2) is 7.77. The molecule has 3 rings (SSSR count). The van der Waals surface area contributed by atoms with Gasteiger partial charge in [-0.1, -0.05) is 12.1 Å². The van der Waals surface area contributed by atoms with Gasteiger partial charge >= 0.3 is 0 Å². The first-order chi connectivity index (χ1) is 12.9. The Hall–Kier alpha value is -3.55. The number of hydrogen-bond acceptors (Lipinski definition) is 4. The Bertz CT molecular complexity index is 1080. The van der Waals surface area contributed by atoms with Gasteiger partial charge in [0, 0.05) is 24.4 Å². The molecule has 0 saturated carbocycles. The molecule has 8 heteroatoms. The van der Waals surface area contributed by atoms with E-state index < -0.39 is 11.7 Å². The highest BCUT2D eigenvalue weighted by atomic mass is 19.1. The van der Waals surface area contributed by atoms with E-state index in [1.807, 2.05) is 0 Å². The zero-order valence-corrected chi connectivity index (χ0v) is 14.5. The molecular weight excluding hydrogens is 351 g/mol. The van der Waals surface area contributed by atoms with Crippen molar-refractivity contribution in [2.24, 2.45) is 0 Å². The van der Waals surface area contributed by atoms with E-state index in [1.54, 1.807) is 28.9 Å². The van der Waals surface area contributed by atoms with Crippen LogP contribution < -0.4 is 16.1 Å². The number of anilines is 2. The Morgan fingerprint density at radius 3 is 2.70 bits per heavy atom. The molecule has 0 saturated heterocycles. The number of halogens is 1. The van der Waals surface area contributed by atoms with E-state index in [4.69, 9.17) is 0 Å². The van der Waals surface area contributed by atoms with E-state index >= 15 is 0 Å². The van der Waals surface area contributed by atoms with E-state index in [0.29, 0.717) is 16.6 Å². The van der Waals surface area contributed by atoms with Gasteiger partial charge in [0.2, 0.25) is 17.2 Å². The number of para-hydroxylation sites is 1. The van der Waals surface area contributed by atoms with Gasteiger partial charge in [0.1, 0.15) is 5.82 Å². The lowest BCUT2D eigenvalue weighted by Gasteiger charge is -2.11. The van der Waals surface area contributed by atoms with Crippen LogP contribution >= 0.6 is 0 Å². The van der Waals surface area contributed by atoms with Crippen LogP contribution in [-0.4, -0.2) is 21.6 Å². The van der Waals surface area contributed by atoms with E-state index in [-0.39, 0.29) is 30.0 Å². The maximum atomic E-state index is 13.9. The molecule has 0 aliphatic heterocycles. The molecule has 0 fully saturated rings. The fourth-order valence-electron chi connectivity index (χ4n) is 2.66. The molecule has 1 aromatic heterocycles. The molecule has 27 heavy (non-hydrogen) atoms. The molecule has 0 aliphatic rings. The second-order valence-corrected chi connectivity index (χ2v) is 5.92. The second-order valence-electron chi connectivity index (χ2n) is 5.92. The summed E-state index contributed by atoms with van der Waals surface area (Å²) in [5, 5.41) is 9.58. The lowest BCUT2D eigenvalue weighted by atomic mass is 10.2. The van der Waals surface area contributed by atoms with Crippen molar-refractivity contribution in [3.05, 3.63) is 64.7 Å². The monoisotopic (exact) mass is 368 g/mol. The Morgan fingerprint density at radius 1 is 1.15 bits per heavy atom. The quantitative estimate of drug-likeness (QED) is 0.724. The molecule has 0 radical (unpaired) electrons. The summed E-state index contributed by atoms with van der Waals surface area (Å²) >= 11 is 0. The Balaban J connectivity index is 1.72. The van der Waals surface area contributed by atoms with Crippen LogP contribution in [-0.2, 0) is 16.1 Å². The maximum Gasteiger partial charge on any atom is 0.226 e. The van der Waals surface area contributed by atoms with Crippen molar-refractivity contribution < 1.29 is 14.0 Å². The molecule has 0 spiro atoms. The summed E-state index contributed by atoms with van der Waals surface area (Å²) < 4.78 is 15.5. The van der Waals surface area contributed by atoms with Gasteiger partial charge in [-0.25, -0.2) is 4.39 Å². The van der Waals surface area contributed by atoms with E-state index in [9.17, 15) is 18.8 Å². The number of hydrogen-bond donors (Lipinski definition) is 2. The van der Waals surface area contributed by atoms with Gasteiger partial charge in [0.05, 0.1) is 23.9 Å². The number of aryl methyl sites for hydroxylation is 1. The molecule has 0 bridgehead atoms. The van der Waals surface area contributed by atoms with Gasteiger partial charge in [-0.15, -0.1) is 0 Å². The molecule has 0 atom stereocenters. The van der Waals surface area contributed by atoms with Gasteiger partial charge in [-0.2, -0.15) is 5.10 Å².